The number of hydrogen-bond donors (Lipinski definition) is 0. The van der Waals surface area contributed by atoms with E-state index in [9.17, 15) is 0 Å². The summed E-state index contributed by atoms with van der Waals surface area (Å²) in [7, 11) is 3.19. The first kappa shape index (κ1) is 4.70. The first-order valence-electron chi connectivity index (χ1n) is 0.864. The maximum atomic E-state index is 3.48. The fourth-order valence-electron chi connectivity index (χ4n) is 0. The summed E-state index contributed by atoms with van der Waals surface area (Å²) in [5.41, 5.74) is 0. The molecule has 0 spiro atoms. The molecule has 0 aromatic rings. The van der Waals surface area contributed by atoms with Gasteiger partial charge in [-0.3, -0.25) is 0 Å². The van der Waals surface area contributed by atoms with Crippen LogP contribution >= 0.6 is 21.6 Å². The highest BCUT2D eigenvalue weighted by molar-refractivity contribution is 8.77. The lowest BCUT2D eigenvalue weighted by Gasteiger charge is -1.69. The van der Waals surface area contributed by atoms with Gasteiger partial charge in [0.05, 0.1) is 0 Å². The highest BCUT2D eigenvalue weighted by Crippen LogP contribution is 2.11. The molecule has 0 aromatic heterocycles. The second-order valence-electron chi connectivity index (χ2n) is 0.285. The Morgan fingerprint density at radius 2 is 2.00 bits per heavy atom. The Bertz CT molecular complexity index is 6.00. The first-order valence-corrected chi connectivity index (χ1v) is 3.59. The molecule has 0 aliphatic carbocycles. The normalized spacial score (nSPS) is 7.50. The first-order chi connectivity index (χ1) is 1.91. The molecule has 0 atom stereocenters. The van der Waals surface area contributed by atoms with Crippen molar-refractivity contribution in [2.24, 2.45) is 0 Å². The van der Waals surface area contributed by atoms with Crippen molar-refractivity contribution in [1.82, 2.24) is 0 Å². The Morgan fingerprint density at radius 3 is 2.00 bits per heavy atom. The predicted molar refractivity (Wildman–Crippen MR) is 26.5 cm³/mol. The molecule has 0 amide bonds. The van der Waals surface area contributed by atoms with Gasteiger partial charge in [-0.1, -0.05) is 21.6 Å². The van der Waals surface area contributed by atoms with Gasteiger partial charge in [0.1, 0.15) is 0 Å². The third-order valence-corrected chi connectivity index (χ3v) is 1.06. The van der Waals surface area contributed by atoms with E-state index in [0.717, 1.165) is 0 Å². The van der Waals surface area contributed by atoms with Crippen LogP contribution in [0.5, 0.6) is 0 Å². The second kappa shape index (κ2) is 3.70. The van der Waals surface area contributed by atoms with Crippen LogP contribution < -0.4 is 0 Å². The Labute approximate surface area is 34.8 Å². The van der Waals surface area contributed by atoms with Crippen molar-refractivity contribution in [2.45, 2.75) is 0 Å². The minimum Gasteiger partial charge on any atom is -0.0976 e. The van der Waals surface area contributed by atoms with E-state index in [4.69, 9.17) is 0 Å². The maximum absolute atomic E-state index is 3.48. The van der Waals surface area contributed by atoms with Gasteiger partial charge in [-0.05, 0) is 6.26 Å². The lowest BCUT2D eigenvalue weighted by atomic mass is 12.0. The average molecular weight is 93.2 g/mol. The summed E-state index contributed by atoms with van der Waals surface area (Å²) in [6, 6.07) is 0. The zero-order valence-electron chi connectivity index (χ0n) is 2.52. The average Bonchev–Trinajstić information content (AvgIpc) is 1.37. The van der Waals surface area contributed by atoms with E-state index in [1.54, 1.807) is 10.8 Å². The smallest absolute Gasteiger partial charge is 0.0136 e. The molecule has 0 heterocycles. The fraction of sp³-hybridized carbons (Fsp3) is 0.500. The Morgan fingerprint density at radius 1 is 1.75 bits per heavy atom. The lowest BCUT2D eigenvalue weighted by Crippen LogP contribution is -1.23. The quantitative estimate of drug-likeness (QED) is 0.453. The summed E-state index contributed by atoms with van der Waals surface area (Å²) in [6.45, 7) is 0. The van der Waals surface area contributed by atoms with Gasteiger partial charge in [-0.15, -0.1) is 0 Å². The molecular weight excluding hydrogens is 88.2 g/mol. The van der Waals surface area contributed by atoms with Crippen LogP contribution in [0.2, 0.25) is 0 Å². The summed E-state index contributed by atoms with van der Waals surface area (Å²) < 4.78 is 0. The molecule has 0 saturated carbocycles. The standard InChI is InChI=1S/C2H5S2/c1-3-4-2/h1H2,2H3. The molecule has 0 aromatic carbocycles. The van der Waals surface area contributed by atoms with Crippen molar-refractivity contribution < 1.29 is 0 Å². The van der Waals surface area contributed by atoms with Gasteiger partial charge in [-0.2, -0.15) is 0 Å². The molecule has 0 saturated heterocycles. The van der Waals surface area contributed by atoms with E-state index in [-0.39, 0.29) is 0 Å². The molecule has 0 aliphatic rings. The molecular formula is C2H5S2. The van der Waals surface area contributed by atoms with Crippen molar-refractivity contribution in [3.05, 3.63) is 6.26 Å². The summed E-state index contributed by atoms with van der Waals surface area (Å²) >= 11 is 0. The third-order valence-electron chi connectivity index (χ3n) is 0.118. The van der Waals surface area contributed by atoms with E-state index >= 15 is 0 Å². The molecule has 0 nitrogen and oxygen atoms in total. The van der Waals surface area contributed by atoms with Crippen LogP contribution in [0.25, 0.3) is 0 Å². The van der Waals surface area contributed by atoms with Crippen LogP contribution in [0.4, 0.5) is 0 Å². The van der Waals surface area contributed by atoms with Crippen molar-refractivity contribution in [1.29, 1.82) is 0 Å². The van der Waals surface area contributed by atoms with Crippen molar-refractivity contribution in [3.63, 3.8) is 0 Å². The number of hydrogen-bond acceptors (Lipinski definition) is 2. The van der Waals surface area contributed by atoms with Gasteiger partial charge in [0, 0.05) is 6.26 Å². The predicted octanol–water partition coefficient (Wildman–Crippen LogP) is 1.79. The Hall–Kier alpha value is 0.700. The van der Waals surface area contributed by atoms with Crippen molar-refractivity contribution in [2.75, 3.05) is 6.26 Å². The largest absolute Gasteiger partial charge is 0.0976 e. The molecule has 0 fully saturated rings. The Balaban J connectivity index is 1.97. The molecule has 0 rings (SSSR count). The minimum absolute atomic E-state index is 1.52. The highest BCUT2D eigenvalue weighted by atomic mass is 33.1. The highest BCUT2D eigenvalue weighted by Gasteiger charge is 1.55. The monoisotopic (exact) mass is 93.0 g/mol. The van der Waals surface area contributed by atoms with Gasteiger partial charge in [0.25, 0.3) is 0 Å². The second-order valence-corrected chi connectivity index (χ2v) is 2.56. The minimum atomic E-state index is 1.52. The SMILES string of the molecule is [CH2]SSC. The molecule has 0 N–H and O–H groups in total. The van der Waals surface area contributed by atoms with Crippen LogP contribution in [-0.4, -0.2) is 6.26 Å². The van der Waals surface area contributed by atoms with Gasteiger partial charge >= 0.3 is 0 Å². The molecule has 25 valence electrons. The maximum Gasteiger partial charge on any atom is 0.0136 e. The van der Waals surface area contributed by atoms with Crippen LogP contribution in [0, 0.1) is 6.26 Å². The van der Waals surface area contributed by atoms with Crippen molar-refractivity contribution >= 4 is 21.6 Å². The van der Waals surface area contributed by atoms with Crippen LogP contribution in [-0.2, 0) is 0 Å². The molecule has 0 aliphatic heterocycles. The summed E-state index contributed by atoms with van der Waals surface area (Å²) in [6.07, 6.45) is 5.48. The lowest BCUT2D eigenvalue weighted by molar-refractivity contribution is 2.54. The summed E-state index contributed by atoms with van der Waals surface area (Å²) in [5.74, 6) is 0. The molecule has 0 bridgehead atoms. The van der Waals surface area contributed by atoms with Crippen LogP contribution in [0.3, 0.4) is 0 Å². The van der Waals surface area contributed by atoms with Gasteiger partial charge in [0.2, 0.25) is 0 Å². The summed E-state index contributed by atoms with van der Waals surface area (Å²) in [4.78, 5) is 0. The molecule has 4 heavy (non-hydrogen) atoms. The Kier molecular flexibility index (Phi) is 4.35. The van der Waals surface area contributed by atoms with Gasteiger partial charge in [0.15, 0.2) is 0 Å². The zero-order valence-corrected chi connectivity index (χ0v) is 4.16. The van der Waals surface area contributed by atoms with E-state index in [2.05, 4.69) is 6.26 Å². The zero-order chi connectivity index (χ0) is 3.41. The number of rotatable bonds is 1. The van der Waals surface area contributed by atoms with E-state index in [1.807, 2.05) is 6.26 Å². The van der Waals surface area contributed by atoms with Gasteiger partial charge < -0.3 is 0 Å². The summed E-state index contributed by atoms with van der Waals surface area (Å²) in [5, 5.41) is 0. The molecule has 0 unspecified atom stereocenters. The van der Waals surface area contributed by atoms with Crippen LogP contribution in [0.15, 0.2) is 0 Å². The molecule has 2 heteroatoms. The fourth-order valence-corrected chi connectivity index (χ4v) is 0. The van der Waals surface area contributed by atoms with E-state index < -0.39 is 0 Å². The van der Waals surface area contributed by atoms with E-state index in [0.29, 0.717) is 0 Å². The van der Waals surface area contributed by atoms with E-state index in [1.165, 1.54) is 10.8 Å². The van der Waals surface area contributed by atoms with Crippen molar-refractivity contribution in [3.8, 4) is 0 Å². The third kappa shape index (κ3) is 2.70. The topological polar surface area (TPSA) is 0 Å². The molecule has 1 radical (unpaired) electrons. The van der Waals surface area contributed by atoms with Crippen LogP contribution in [0.1, 0.15) is 0 Å². The van der Waals surface area contributed by atoms with Gasteiger partial charge in [-0.25, -0.2) is 0 Å².